The van der Waals surface area contributed by atoms with E-state index in [1.165, 1.54) is 6.07 Å². The van der Waals surface area contributed by atoms with Gasteiger partial charge >= 0.3 is 0 Å². The Morgan fingerprint density at radius 2 is 1.61 bits per heavy atom. The lowest BCUT2D eigenvalue weighted by atomic mass is 10.1. The molecule has 138 valence electrons. The summed E-state index contributed by atoms with van der Waals surface area (Å²) >= 11 is 0. The molecule has 0 spiro atoms. The Morgan fingerprint density at radius 3 is 2.50 bits per heavy atom. The number of anilines is 2. The summed E-state index contributed by atoms with van der Waals surface area (Å²) in [5, 5.41) is 4.16. The molecule has 0 bridgehead atoms. The van der Waals surface area contributed by atoms with Crippen LogP contribution in [0.2, 0.25) is 0 Å². The van der Waals surface area contributed by atoms with Gasteiger partial charge in [0.2, 0.25) is 0 Å². The number of benzene rings is 3. The number of rotatable bonds is 3. The van der Waals surface area contributed by atoms with Crippen LogP contribution >= 0.6 is 0 Å². The highest BCUT2D eigenvalue weighted by Gasteiger charge is 2.15. The number of hydrogen-bond donors (Lipinski definition) is 1. The zero-order valence-corrected chi connectivity index (χ0v) is 14.9. The summed E-state index contributed by atoms with van der Waals surface area (Å²) < 4.78 is 25.5. The first-order chi connectivity index (χ1) is 13.8. The Hall–Kier alpha value is -3.67. The van der Waals surface area contributed by atoms with Gasteiger partial charge in [0.15, 0.2) is 17.3 Å². The average Bonchev–Trinajstić information content (AvgIpc) is 2.74. The van der Waals surface area contributed by atoms with Gasteiger partial charge in [-0.25, -0.2) is 14.4 Å². The van der Waals surface area contributed by atoms with E-state index in [1.807, 2.05) is 42.5 Å². The number of ether oxygens (including phenoxy) is 2. The fourth-order valence-electron chi connectivity index (χ4n) is 3.19. The van der Waals surface area contributed by atoms with E-state index in [0.29, 0.717) is 36.2 Å². The van der Waals surface area contributed by atoms with Crippen LogP contribution < -0.4 is 14.8 Å². The second-order valence-corrected chi connectivity index (χ2v) is 6.38. The molecule has 0 saturated carbocycles. The minimum absolute atomic E-state index is 0.330. The molecule has 0 aliphatic carbocycles. The van der Waals surface area contributed by atoms with Gasteiger partial charge in [-0.3, -0.25) is 0 Å². The molecule has 5 rings (SSSR count). The minimum atomic E-state index is -0.358. The van der Waals surface area contributed by atoms with Crippen LogP contribution in [0.4, 0.5) is 15.9 Å². The number of nitrogens with one attached hydrogen (secondary N) is 1. The standard InChI is InChI=1S/C22H16FN3O2/c23-17-7-3-1-5-15(17)21-25-18-8-4-2-6-16(18)22(26-21)24-14-9-10-19-20(13-14)28-12-11-27-19/h1-10,13H,11-12H2,(H,24,25,26). The summed E-state index contributed by atoms with van der Waals surface area (Å²) in [5.41, 5.74) is 1.89. The molecule has 6 heteroatoms. The molecule has 1 aromatic heterocycles. The number of fused-ring (bicyclic) bond motifs is 2. The van der Waals surface area contributed by atoms with E-state index in [-0.39, 0.29) is 5.82 Å². The van der Waals surface area contributed by atoms with Gasteiger partial charge in [-0.1, -0.05) is 24.3 Å². The number of halogens is 1. The van der Waals surface area contributed by atoms with E-state index in [0.717, 1.165) is 22.3 Å². The second-order valence-electron chi connectivity index (χ2n) is 6.38. The first-order valence-corrected chi connectivity index (χ1v) is 8.96. The van der Waals surface area contributed by atoms with Crippen molar-refractivity contribution in [3.05, 3.63) is 72.5 Å². The zero-order valence-electron chi connectivity index (χ0n) is 14.9. The maximum atomic E-state index is 14.3. The van der Waals surface area contributed by atoms with Gasteiger partial charge in [0.05, 0.1) is 11.1 Å². The van der Waals surface area contributed by atoms with Crippen molar-refractivity contribution in [3.8, 4) is 22.9 Å². The molecule has 0 saturated heterocycles. The molecule has 2 heterocycles. The Balaban J connectivity index is 1.61. The molecule has 4 aromatic rings. The maximum Gasteiger partial charge on any atom is 0.165 e. The Labute approximate surface area is 160 Å². The van der Waals surface area contributed by atoms with Crippen molar-refractivity contribution >= 4 is 22.4 Å². The summed E-state index contributed by atoms with van der Waals surface area (Å²) in [4.78, 5) is 9.15. The Morgan fingerprint density at radius 1 is 0.821 bits per heavy atom. The lowest BCUT2D eigenvalue weighted by Crippen LogP contribution is -2.15. The molecule has 0 fully saturated rings. The van der Waals surface area contributed by atoms with Crippen molar-refractivity contribution in [2.24, 2.45) is 0 Å². The molecule has 0 atom stereocenters. The first-order valence-electron chi connectivity index (χ1n) is 8.96. The monoisotopic (exact) mass is 373 g/mol. The molecule has 1 N–H and O–H groups in total. The summed E-state index contributed by atoms with van der Waals surface area (Å²) in [6.45, 7) is 1.06. The van der Waals surface area contributed by atoms with Crippen molar-refractivity contribution < 1.29 is 13.9 Å². The van der Waals surface area contributed by atoms with Crippen LogP contribution in [-0.4, -0.2) is 23.2 Å². The van der Waals surface area contributed by atoms with Crippen molar-refractivity contribution in [1.29, 1.82) is 0 Å². The number of para-hydroxylation sites is 1. The molecule has 5 nitrogen and oxygen atoms in total. The van der Waals surface area contributed by atoms with E-state index in [9.17, 15) is 4.39 Å². The predicted molar refractivity (Wildman–Crippen MR) is 106 cm³/mol. The van der Waals surface area contributed by atoms with Gasteiger partial charge in [0.25, 0.3) is 0 Å². The highest BCUT2D eigenvalue weighted by atomic mass is 19.1. The molecular formula is C22H16FN3O2. The van der Waals surface area contributed by atoms with Crippen LogP contribution in [0.1, 0.15) is 0 Å². The Bertz CT molecular complexity index is 1180. The first kappa shape index (κ1) is 16.5. The highest BCUT2D eigenvalue weighted by molar-refractivity contribution is 5.92. The summed E-state index contributed by atoms with van der Waals surface area (Å²) in [5.74, 6) is 1.97. The van der Waals surface area contributed by atoms with Crippen LogP contribution in [0, 0.1) is 5.82 Å². The summed E-state index contributed by atoms with van der Waals surface area (Å²) in [6.07, 6.45) is 0. The Kier molecular flexibility index (Phi) is 4.01. The van der Waals surface area contributed by atoms with E-state index in [1.54, 1.807) is 18.2 Å². The van der Waals surface area contributed by atoms with Gasteiger partial charge in [-0.15, -0.1) is 0 Å². The summed E-state index contributed by atoms with van der Waals surface area (Å²) in [7, 11) is 0. The van der Waals surface area contributed by atoms with Crippen LogP contribution in [0.3, 0.4) is 0 Å². The van der Waals surface area contributed by atoms with E-state index < -0.39 is 0 Å². The number of nitrogens with zero attached hydrogens (tertiary/aromatic N) is 2. The quantitative estimate of drug-likeness (QED) is 0.551. The zero-order chi connectivity index (χ0) is 18.9. The fourth-order valence-corrected chi connectivity index (χ4v) is 3.19. The third kappa shape index (κ3) is 2.99. The number of aromatic nitrogens is 2. The van der Waals surface area contributed by atoms with Crippen molar-refractivity contribution in [2.75, 3.05) is 18.5 Å². The lowest BCUT2D eigenvalue weighted by molar-refractivity contribution is 0.171. The van der Waals surface area contributed by atoms with Crippen LogP contribution in [0.15, 0.2) is 66.7 Å². The van der Waals surface area contributed by atoms with Gasteiger partial charge in [0, 0.05) is 17.1 Å². The van der Waals surface area contributed by atoms with Crippen LogP contribution in [-0.2, 0) is 0 Å². The molecular weight excluding hydrogens is 357 g/mol. The van der Waals surface area contributed by atoms with Crippen molar-refractivity contribution in [1.82, 2.24) is 9.97 Å². The molecule has 28 heavy (non-hydrogen) atoms. The normalized spacial score (nSPS) is 12.8. The predicted octanol–water partition coefficient (Wildman–Crippen LogP) is 4.95. The molecule has 0 unspecified atom stereocenters. The van der Waals surface area contributed by atoms with E-state index in [4.69, 9.17) is 9.47 Å². The third-order valence-electron chi connectivity index (χ3n) is 4.52. The van der Waals surface area contributed by atoms with E-state index >= 15 is 0 Å². The smallest absolute Gasteiger partial charge is 0.165 e. The largest absolute Gasteiger partial charge is 0.486 e. The average molecular weight is 373 g/mol. The summed E-state index contributed by atoms with van der Waals surface area (Å²) in [6, 6.07) is 19.8. The molecule has 1 aliphatic rings. The van der Waals surface area contributed by atoms with Crippen molar-refractivity contribution in [3.63, 3.8) is 0 Å². The van der Waals surface area contributed by atoms with Gasteiger partial charge in [-0.05, 0) is 36.4 Å². The van der Waals surface area contributed by atoms with Crippen LogP contribution in [0.25, 0.3) is 22.3 Å². The maximum absolute atomic E-state index is 14.3. The van der Waals surface area contributed by atoms with Gasteiger partial charge in [-0.2, -0.15) is 0 Å². The van der Waals surface area contributed by atoms with Gasteiger partial charge < -0.3 is 14.8 Å². The topological polar surface area (TPSA) is 56.3 Å². The SMILES string of the molecule is Fc1ccccc1-c1nc(Nc2ccc3c(c2)OCCO3)c2ccccc2n1. The lowest BCUT2D eigenvalue weighted by Gasteiger charge is -2.19. The molecule has 0 amide bonds. The minimum Gasteiger partial charge on any atom is -0.486 e. The third-order valence-corrected chi connectivity index (χ3v) is 4.52. The molecule has 1 aliphatic heterocycles. The fraction of sp³-hybridized carbons (Fsp3) is 0.0909. The second kappa shape index (κ2) is 6.81. The number of hydrogen-bond acceptors (Lipinski definition) is 5. The highest BCUT2D eigenvalue weighted by Crippen LogP contribution is 2.35. The molecule has 0 radical (unpaired) electrons. The molecule has 3 aromatic carbocycles. The van der Waals surface area contributed by atoms with Crippen LogP contribution in [0.5, 0.6) is 11.5 Å². The van der Waals surface area contributed by atoms with Crippen molar-refractivity contribution in [2.45, 2.75) is 0 Å². The van der Waals surface area contributed by atoms with E-state index in [2.05, 4.69) is 15.3 Å². The van der Waals surface area contributed by atoms with Gasteiger partial charge in [0.1, 0.15) is 24.8 Å².